The number of hydrogen-bond acceptors (Lipinski definition) is 2. The van der Waals surface area contributed by atoms with Gasteiger partial charge in [-0.15, -0.1) is 0 Å². The molecule has 1 fully saturated rings. The highest BCUT2D eigenvalue weighted by molar-refractivity contribution is 9.10. The number of hydrogen-bond donors (Lipinski definition) is 0. The molecule has 3 nitrogen and oxygen atoms in total. The lowest BCUT2D eigenvalue weighted by Crippen LogP contribution is -2.50. The highest BCUT2D eigenvalue weighted by atomic mass is 79.9. The molecule has 0 bridgehead atoms. The van der Waals surface area contributed by atoms with Crippen LogP contribution in [0.2, 0.25) is 0 Å². The summed E-state index contributed by atoms with van der Waals surface area (Å²) in [4.78, 5) is 16.4. The SMILES string of the molecule is CCC(Br)C(=O)N1CCN(CCC(C)C)CC1. The zero-order chi connectivity index (χ0) is 12.8. The molecule has 1 heterocycles. The summed E-state index contributed by atoms with van der Waals surface area (Å²) < 4.78 is 0. The highest BCUT2D eigenvalue weighted by Gasteiger charge is 2.24. The average Bonchev–Trinajstić information content (AvgIpc) is 2.35. The smallest absolute Gasteiger partial charge is 0.236 e. The summed E-state index contributed by atoms with van der Waals surface area (Å²) in [6.45, 7) is 11.6. The lowest BCUT2D eigenvalue weighted by atomic mass is 10.1. The molecule has 1 rings (SSSR count). The number of halogens is 1. The first-order valence-electron chi connectivity index (χ1n) is 6.69. The van der Waals surface area contributed by atoms with Gasteiger partial charge in [0.15, 0.2) is 0 Å². The second-order valence-electron chi connectivity index (χ2n) is 5.23. The zero-order valence-corrected chi connectivity index (χ0v) is 12.9. The van der Waals surface area contributed by atoms with E-state index in [1.165, 1.54) is 13.0 Å². The van der Waals surface area contributed by atoms with Crippen LogP contribution in [0.3, 0.4) is 0 Å². The number of alkyl halides is 1. The van der Waals surface area contributed by atoms with Crippen LogP contribution < -0.4 is 0 Å². The number of rotatable bonds is 5. The Morgan fingerprint density at radius 3 is 2.29 bits per heavy atom. The van der Waals surface area contributed by atoms with Gasteiger partial charge >= 0.3 is 0 Å². The summed E-state index contributed by atoms with van der Waals surface area (Å²) in [5.41, 5.74) is 0. The van der Waals surface area contributed by atoms with Gasteiger partial charge in [0.25, 0.3) is 0 Å². The second kappa shape index (κ2) is 7.37. The molecule has 0 aromatic carbocycles. The number of carbonyl (C=O) groups is 1. The monoisotopic (exact) mass is 304 g/mol. The van der Waals surface area contributed by atoms with Crippen molar-refractivity contribution in [1.82, 2.24) is 9.80 Å². The van der Waals surface area contributed by atoms with Crippen molar-refractivity contribution in [3.05, 3.63) is 0 Å². The minimum absolute atomic E-state index is 0.00436. The maximum atomic E-state index is 12.0. The average molecular weight is 305 g/mol. The first kappa shape index (κ1) is 15.0. The predicted octanol–water partition coefficient (Wildman–Crippen LogP) is 2.35. The predicted molar refractivity (Wildman–Crippen MR) is 75.5 cm³/mol. The van der Waals surface area contributed by atoms with Gasteiger partial charge in [-0.2, -0.15) is 0 Å². The molecule has 1 aliphatic heterocycles. The Kier molecular flexibility index (Phi) is 6.49. The van der Waals surface area contributed by atoms with Crippen molar-refractivity contribution < 1.29 is 4.79 Å². The highest BCUT2D eigenvalue weighted by Crippen LogP contribution is 2.12. The van der Waals surface area contributed by atoms with Crippen LogP contribution in [0.4, 0.5) is 0 Å². The van der Waals surface area contributed by atoms with Gasteiger partial charge in [-0.05, 0) is 25.3 Å². The third kappa shape index (κ3) is 4.96. The van der Waals surface area contributed by atoms with Gasteiger partial charge in [-0.1, -0.05) is 36.7 Å². The number of amides is 1. The fourth-order valence-corrected chi connectivity index (χ4v) is 2.29. The third-order valence-electron chi connectivity index (χ3n) is 3.33. The minimum atomic E-state index is 0.00436. The van der Waals surface area contributed by atoms with E-state index in [0.717, 1.165) is 38.5 Å². The number of nitrogens with zero attached hydrogens (tertiary/aromatic N) is 2. The second-order valence-corrected chi connectivity index (χ2v) is 6.33. The van der Waals surface area contributed by atoms with Crippen molar-refractivity contribution in [2.45, 2.75) is 38.4 Å². The van der Waals surface area contributed by atoms with Crippen LogP contribution in [-0.2, 0) is 4.79 Å². The van der Waals surface area contributed by atoms with E-state index in [1.807, 2.05) is 11.8 Å². The maximum absolute atomic E-state index is 12.0. The van der Waals surface area contributed by atoms with Crippen molar-refractivity contribution in [2.24, 2.45) is 5.92 Å². The third-order valence-corrected chi connectivity index (χ3v) is 4.37. The van der Waals surface area contributed by atoms with Crippen LogP contribution in [0, 0.1) is 5.92 Å². The van der Waals surface area contributed by atoms with E-state index in [2.05, 4.69) is 34.7 Å². The minimum Gasteiger partial charge on any atom is -0.339 e. The molecule has 1 amide bonds. The Morgan fingerprint density at radius 1 is 1.24 bits per heavy atom. The van der Waals surface area contributed by atoms with Crippen molar-refractivity contribution in [3.8, 4) is 0 Å². The standard InChI is InChI=1S/C13H25BrN2O/c1-4-12(14)13(17)16-9-7-15(8-10-16)6-5-11(2)3/h11-12H,4-10H2,1-3H3. The van der Waals surface area contributed by atoms with E-state index in [4.69, 9.17) is 0 Å². The Balaban J connectivity index is 2.28. The van der Waals surface area contributed by atoms with Gasteiger partial charge < -0.3 is 4.90 Å². The first-order chi connectivity index (χ1) is 8.04. The molecular formula is C13H25BrN2O. The van der Waals surface area contributed by atoms with Gasteiger partial charge in [0.05, 0.1) is 4.83 Å². The normalized spacial score (nSPS) is 19.7. The van der Waals surface area contributed by atoms with E-state index in [9.17, 15) is 4.79 Å². The Hall–Kier alpha value is -0.0900. The summed E-state index contributed by atoms with van der Waals surface area (Å²) in [5.74, 6) is 1.03. The Morgan fingerprint density at radius 2 is 1.82 bits per heavy atom. The lowest BCUT2D eigenvalue weighted by molar-refractivity contribution is -0.132. The summed E-state index contributed by atoms with van der Waals surface area (Å²) in [6.07, 6.45) is 2.12. The zero-order valence-electron chi connectivity index (χ0n) is 11.3. The Labute approximate surface area is 114 Å². The van der Waals surface area contributed by atoms with E-state index < -0.39 is 0 Å². The van der Waals surface area contributed by atoms with Gasteiger partial charge in [-0.25, -0.2) is 0 Å². The molecule has 0 spiro atoms. The van der Waals surface area contributed by atoms with Crippen LogP contribution in [0.1, 0.15) is 33.6 Å². The van der Waals surface area contributed by atoms with E-state index in [0.29, 0.717) is 0 Å². The number of piperazine rings is 1. The molecule has 100 valence electrons. The molecular weight excluding hydrogens is 280 g/mol. The summed E-state index contributed by atoms with van der Waals surface area (Å²) >= 11 is 3.44. The molecule has 4 heteroatoms. The molecule has 0 N–H and O–H groups in total. The molecule has 0 saturated carbocycles. The maximum Gasteiger partial charge on any atom is 0.236 e. The Bertz CT molecular complexity index is 238. The summed E-state index contributed by atoms with van der Waals surface area (Å²) in [6, 6.07) is 0. The lowest BCUT2D eigenvalue weighted by Gasteiger charge is -2.35. The first-order valence-corrected chi connectivity index (χ1v) is 7.61. The van der Waals surface area contributed by atoms with Crippen LogP contribution >= 0.6 is 15.9 Å². The quantitative estimate of drug-likeness (QED) is 0.728. The van der Waals surface area contributed by atoms with Crippen molar-refractivity contribution in [1.29, 1.82) is 0 Å². The van der Waals surface area contributed by atoms with E-state index >= 15 is 0 Å². The number of carbonyl (C=O) groups excluding carboxylic acids is 1. The van der Waals surface area contributed by atoms with Gasteiger partial charge in [0.2, 0.25) is 5.91 Å². The molecule has 0 radical (unpaired) electrons. The molecule has 0 aromatic rings. The van der Waals surface area contributed by atoms with E-state index in [-0.39, 0.29) is 10.7 Å². The molecule has 0 aliphatic carbocycles. The molecule has 1 aliphatic rings. The topological polar surface area (TPSA) is 23.6 Å². The molecule has 1 saturated heterocycles. The molecule has 17 heavy (non-hydrogen) atoms. The van der Waals surface area contributed by atoms with E-state index in [1.54, 1.807) is 0 Å². The van der Waals surface area contributed by atoms with Gasteiger partial charge in [0.1, 0.15) is 0 Å². The molecule has 0 aromatic heterocycles. The van der Waals surface area contributed by atoms with Gasteiger partial charge in [0, 0.05) is 26.2 Å². The van der Waals surface area contributed by atoms with Crippen LogP contribution in [0.15, 0.2) is 0 Å². The van der Waals surface area contributed by atoms with Crippen molar-refractivity contribution >= 4 is 21.8 Å². The van der Waals surface area contributed by atoms with Gasteiger partial charge in [-0.3, -0.25) is 9.69 Å². The van der Waals surface area contributed by atoms with Crippen LogP contribution in [0.25, 0.3) is 0 Å². The van der Waals surface area contributed by atoms with Crippen LogP contribution in [0.5, 0.6) is 0 Å². The molecule has 1 unspecified atom stereocenters. The summed E-state index contributed by atoms with van der Waals surface area (Å²) in [7, 11) is 0. The van der Waals surface area contributed by atoms with Crippen molar-refractivity contribution in [2.75, 3.05) is 32.7 Å². The molecule has 1 atom stereocenters. The van der Waals surface area contributed by atoms with Crippen molar-refractivity contribution in [3.63, 3.8) is 0 Å². The fraction of sp³-hybridized carbons (Fsp3) is 0.923. The summed E-state index contributed by atoms with van der Waals surface area (Å²) in [5, 5.41) is 0. The largest absolute Gasteiger partial charge is 0.339 e. The van der Waals surface area contributed by atoms with Crippen LogP contribution in [-0.4, -0.2) is 53.3 Å². The fourth-order valence-electron chi connectivity index (χ4n) is 2.01.